The van der Waals surface area contributed by atoms with Crippen LogP contribution in [0.5, 0.6) is 0 Å². The van der Waals surface area contributed by atoms with E-state index in [9.17, 15) is 9.59 Å². The summed E-state index contributed by atoms with van der Waals surface area (Å²) in [7, 11) is 0. The maximum Gasteiger partial charge on any atom is 0.257 e. The van der Waals surface area contributed by atoms with Gasteiger partial charge in [0.2, 0.25) is 5.43 Å². The standard InChI is InChI=1S/C29H31ClN4O4/c30-23-3-1-20(2-4-23)15-31-29(36)26-19-34-18-22(17-33-7-11-38-12-8-33)24-13-21(14-25(27(24)34)28(26)35)16-32-5-9-37-10-6-32/h1-4,13-14,18-19H,5-12,15-17H2,(H,31,36). The van der Waals surface area contributed by atoms with Crippen molar-refractivity contribution in [2.24, 2.45) is 0 Å². The zero-order chi connectivity index (χ0) is 26.1. The Morgan fingerprint density at radius 2 is 1.47 bits per heavy atom. The summed E-state index contributed by atoms with van der Waals surface area (Å²) in [6, 6.07) is 11.5. The number of hydrogen-bond donors (Lipinski definition) is 1. The summed E-state index contributed by atoms with van der Waals surface area (Å²) in [5.41, 5.74) is 3.92. The second-order valence-electron chi connectivity index (χ2n) is 10.1. The molecule has 198 valence electrons. The molecule has 6 rings (SSSR count). The van der Waals surface area contributed by atoms with E-state index in [1.54, 1.807) is 18.3 Å². The highest BCUT2D eigenvalue weighted by molar-refractivity contribution is 6.30. The molecule has 2 aliphatic heterocycles. The van der Waals surface area contributed by atoms with Gasteiger partial charge in [-0.1, -0.05) is 23.7 Å². The molecule has 9 heteroatoms. The Balaban J connectivity index is 1.37. The average molecular weight is 535 g/mol. The smallest absolute Gasteiger partial charge is 0.257 e. The first-order chi connectivity index (χ1) is 18.5. The minimum absolute atomic E-state index is 0.143. The highest BCUT2D eigenvalue weighted by Gasteiger charge is 2.22. The second-order valence-corrected chi connectivity index (χ2v) is 10.5. The number of carbonyl (C=O) groups excluding carboxylic acids is 1. The molecule has 0 radical (unpaired) electrons. The van der Waals surface area contributed by atoms with Gasteiger partial charge in [0, 0.05) is 74.0 Å². The van der Waals surface area contributed by atoms with E-state index >= 15 is 0 Å². The minimum atomic E-state index is -0.384. The Morgan fingerprint density at radius 1 is 0.842 bits per heavy atom. The van der Waals surface area contributed by atoms with E-state index in [1.807, 2.05) is 22.6 Å². The van der Waals surface area contributed by atoms with Crippen LogP contribution in [0.2, 0.25) is 5.02 Å². The molecule has 2 aliphatic rings. The van der Waals surface area contributed by atoms with Gasteiger partial charge in [0.15, 0.2) is 0 Å². The molecule has 0 bridgehead atoms. The Hall–Kier alpha value is -3.01. The highest BCUT2D eigenvalue weighted by atomic mass is 35.5. The van der Waals surface area contributed by atoms with Gasteiger partial charge in [-0.05, 0) is 41.0 Å². The summed E-state index contributed by atoms with van der Waals surface area (Å²) in [5, 5.41) is 5.20. The molecular formula is C29H31ClN4O4. The number of nitrogens with one attached hydrogen (secondary N) is 1. The number of benzene rings is 2. The van der Waals surface area contributed by atoms with Gasteiger partial charge in [0.25, 0.3) is 5.91 Å². The predicted octanol–water partition coefficient (Wildman–Crippen LogP) is 3.14. The number of rotatable bonds is 7. The monoisotopic (exact) mass is 534 g/mol. The number of ether oxygens (including phenoxy) is 2. The van der Waals surface area contributed by atoms with Crippen molar-refractivity contribution in [1.82, 2.24) is 19.5 Å². The van der Waals surface area contributed by atoms with Crippen LogP contribution < -0.4 is 10.7 Å². The zero-order valence-corrected chi connectivity index (χ0v) is 22.0. The lowest BCUT2D eigenvalue weighted by Crippen LogP contribution is -2.35. The number of amides is 1. The molecule has 2 fully saturated rings. The number of hydrogen-bond acceptors (Lipinski definition) is 6. The molecule has 4 heterocycles. The average Bonchev–Trinajstić information content (AvgIpc) is 3.28. The van der Waals surface area contributed by atoms with Crippen LogP contribution in [0, 0.1) is 0 Å². The molecule has 38 heavy (non-hydrogen) atoms. The summed E-state index contributed by atoms with van der Waals surface area (Å²) in [6.45, 7) is 8.18. The van der Waals surface area contributed by atoms with Crippen LogP contribution in [0.4, 0.5) is 0 Å². The molecule has 4 aromatic rings. The SMILES string of the molecule is O=C(NCc1ccc(Cl)cc1)c1cn2cc(CN3CCOCC3)c3cc(CN4CCOCC4)cc(c1=O)c32. The van der Waals surface area contributed by atoms with Gasteiger partial charge >= 0.3 is 0 Å². The van der Waals surface area contributed by atoms with Gasteiger partial charge in [-0.3, -0.25) is 19.4 Å². The van der Waals surface area contributed by atoms with Gasteiger partial charge in [-0.25, -0.2) is 0 Å². The van der Waals surface area contributed by atoms with E-state index in [4.69, 9.17) is 21.1 Å². The lowest BCUT2D eigenvalue weighted by Gasteiger charge is -2.27. The Bertz CT molecular complexity index is 1490. The number of morpholine rings is 2. The fourth-order valence-electron chi connectivity index (χ4n) is 5.41. The van der Waals surface area contributed by atoms with Crippen LogP contribution in [0.15, 0.2) is 53.6 Å². The molecule has 0 unspecified atom stereocenters. The van der Waals surface area contributed by atoms with Crippen molar-refractivity contribution in [3.8, 4) is 0 Å². The molecule has 8 nitrogen and oxygen atoms in total. The Kier molecular flexibility index (Phi) is 7.32. The molecule has 2 aromatic carbocycles. The van der Waals surface area contributed by atoms with E-state index < -0.39 is 0 Å². The van der Waals surface area contributed by atoms with Crippen LogP contribution in [0.25, 0.3) is 16.3 Å². The number of nitrogens with zero attached hydrogens (tertiary/aromatic N) is 3. The van der Waals surface area contributed by atoms with Gasteiger partial charge in [0.1, 0.15) is 5.56 Å². The van der Waals surface area contributed by atoms with Gasteiger partial charge in [-0.2, -0.15) is 0 Å². The fraction of sp³-hybridized carbons (Fsp3) is 0.379. The number of pyridine rings is 1. The van der Waals surface area contributed by atoms with Crippen molar-refractivity contribution in [1.29, 1.82) is 0 Å². The van der Waals surface area contributed by atoms with Gasteiger partial charge < -0.3 is 19.2 Å². The van der Waals surface area contributed by atoms with Gasteiger partial charge in [-0.15, -0.1) is 0 Å². The largest absolute Gasteiger partial charge is 0.379 e. The van der Waals surface area contributed by atoms with Crippen molar-refractivity contribution in [3.05, 3.63) is 86.3 Å². The van der Waals surface area contributed by atoms with Crippen LogP contribution in [0.1, 0.15) is 27.0 Å². The van der Waals surface area contributed by atoms with E-state index in [-0.39, 0.29) is 16.9 Å². The highest BCUT2D eigenvalue weighted by Crippen LogP contribution is 2.29. The molecule has 2 saturated heterocycles. The van der Waals surface area contributed by atoms with E-state index in [2.05, 4.69) is 27.4 Å². The third-order valence-corrected chi connectivity index (χ3v) is 7.70. The first-order valence-electron chi connectivity index (χ1n) is 13.1. The van der Waals surface area contributed by atoms with Crippen molar-refractivity contribution in [3.63, 3.8) is 0 Å². The lowest BCUT2D eigenvalue weighted by molar-refractivity contribution is 0.0340. The number of aromatic nitrogens is 1. The minimum Gasteiger partial charge on any atom is -0.379 e. The fourth-order valence-corrected chi connectivity index (χ4v) is 5.54. The van der Waals surface area contributed by atoms with Crippen LogP contribution >= 0.6 is 11.6 Å². The molecular weight excluding hydrogens is 504 g/mol. The number of carbonyl (C=O) groups is 1. The maximum atomic E-state index is 13.7. The summed E-state index contributed by atoms with van der Waals surface area (Å²) in [4.78, 5) is 31.7. The Morgan fingerprint density at radius 3 is 2.16 bits per heavy atom. The molecule has 1 amide bonds. The lowest BCUT2D eigenvalue weighted by atomic mass is 10.0. The summed E-state index contributed by atoms with van der Waals surface area (Å²) in [5.74, 6) is -0.384. The first-order valence-corrected chi connectivity index (χ1v) is 13.5. The first kappa shape index (κ1) is 25.3. The van der Waals surface area contributed by atoms with E-state index in [1.165, 1.54) is 0 Å². The van der Waals surface area contributed by atoms with E-state index in [0.29, 0.717) is 30.2 Å². The second kappa shape index (κ2) is 11.0. The van der Waals surface area contributed by atoms with E-state index in [0.717, 1.165) is 80.1 Å². The normalized spacial score (nSPS) is 17.4. The molecule has 0 aliphatic carbocycles. The topological polar surface area (TPSA) is 75.5 Å². The molecule has 0 saturated carbocycles. The van der Waals surface area contributed by atoms with Crippen LogP contribution in [-0.2, 0) is 29.1 Å². The molecule has 0 spiro atoms. The summed E-state index contributed by atoms with van der Waals surface area (Å²) < 4.78 is 13.0. The van der Waals surface area contributed by atoms with Crippen molar-refractivity contribution >= 4 is 33.8 Å². The molecule has 1 N–H and O–H groups in total. The Labute approximate surface area is 226 Å². The maximum absolute atomic E-state index is 13.7. The zero-order valence-electron chi connectivity index (χ0n) is 21.2. The van der Waals surface area contributed by atoms with Crippen LogP contribution in [0.3, 0.4) is 0 Å². The summed E-state index contributed by atoms with van der Waals surface area (Å²) in [6.07, 6.45) is 3.75. The third kappa shape index (κ3) is 5.28. The molecule has 2 aromatic heterocycles. The number of halogens is 1. The molecule has 0 atom stereocenters. The van der Waals surface area contributed by atoms with Crippen molar-refractivity contribution in [2.75, 3.05) is 52.6 Å². The van der Waals surface area contributed by atoms with Crippen LogP contribution in [-0.4, -0.2) is 72.7 Å². The summed E-state index contributed by atoms with van der Waals surface area (Å²) >= 11 is 5.98. The third-order valence-electron chi connectivity index (χ3n) is 7.44. The quantitative estimate of drug-likeness (QED) is 0.393. The van der Waals surface area contributed by atoms with Crippen molar-refractivity contribution < 1.29 is 14.3 Å². The van der Waals surface area contributed by atoms with Gasteiger partial charge in [0.05, 0.1) is 31.9 Å². The van der Waals surface area contributed by atoms with Crippen molar-refractivity contribution in [2.45, 2.75) is 19.6 Å². The predicted molar refractivity (Wildman–Crippen MR) is 147 cm³/mol.